The summed E-state index contributed by atoms with van der Waals surface area (Å²) in [6.45, 7) is 8.90. The summed E-state index contributed by atoms with van der Waals surface area (Å²) in [6.07, 6.45) is 3.12. The van der Waals surface area contributed by atoms with Crippen molar-refractivity contribution in [2.45, 2.75) is 52.0 Å². The standard InChI is InChI=1S/C19H25N5O/c1-19(2,3)16-7-8-17(21-20-16)23-10-13(11-23)12-24-18(25)9-14-5-4-6-15(14)22-24/h7-9,13H,4-6,10-12H2,1-3H3. The summed E-state index contributed by atoms with van der Waals surface area (Å²) in [4.78, 5) is 14.4. The molecule has 6 heteroatoms. The Kier molecular flexibility index (Phi) is 3.85. The van der Waals surface area contributed by atoms with Crippen LogP contribution in [0.5, 0.6) is 0 Å². The van der Waals surface area contributed by atoms with E-state index in [1.54, 1.807) is 10.7 Å². The zero-order valence-electron chi connectivity index (χ0n) is 15.2. The van der Waals surface area contributed by atoms with Crippen LogP contribution in [0.15, 0.2) is 23.0 Å². The van der Waals surface area contributed by atoms with E-state index in [-0.39, 0.29) is 11.0 Å². The molecule has 0 aromatic carbocycles. The maximum atomic E-state index is 12.2. The molecule has 2 aromatic heterocycles. The topological polar surface area (TPSA) is 63.9 Å². The van der Waals surface area contributed by atoms with Crippen molar-refractivity contribution in [3.63, 3.8) is 0 Å². The van der Waals surface area contributed by atoms with Crippen LogP contribution >= 0.6 is 0 Å². The number of nitrogens with zero attached hydrogens (tertiary/aromatic N) is 5. The monoisotopic (exact) mass is 339 g/mol. The van der Waals surface area contributed by atoms with Crippen LogP contribution in [0.3, 0.4) is 0 Å². The van der Waals surface area contributed by atoms with Crippen LogP contribution in [0.4, 0.5) is 5.82 Å². The lowest BCUT2D eigenvalue weighted by Crippen LogP contribution is -2.50. The fraction of sp³-hybridized carbons (Fsp3) is 0.579. The van der Waals surface area contributed by atoms with Gasteiger partial charge in [0.1, 0.15) is 0 Å². The van der Waals surface area contributed by atoms with Crippen LogP contribution in [-0.2, 0) is 24.8 Å². The molecule has 3 heterocycles. The largest absolute Gasteiger partial charge is 0.354 e. The minimum Gasteiger partial charge on any atom is -0.354 e. The molecule has 2 aromatic rings. The molecule has 0 saturated carbocycles. The number of aromatic nitrogens is 4. The van der Waals surface area contributed by atoms with Crippen molar-refractivity contribution >= 4 is 5.82 Å². The van der Waals surface area contributed by atoms with Gasteiger partial charge in [-0.3, -0.25) is 4.79 Å². The molecular formula is C19H25N5O. The lowest BCUT2D eigenvalue weighted by atomic mass is 9.92. The molecule has 0 unspecified atom stereocenters. The highest BCUT2D eigenvalue weighted by molar-refractivity contribution is 5.41. The van der Waals surface area contributed by atoms with Crippen LogP contribution < -0.4 is 10.5 Å². The van der Waals surface area contributed by atoms with Crippen LogP contribution in [0.2, 0.25) is 0 Å². The van der Waals surface area contributed by atoms with Gasteiger partial charge in [-0.2, -0.15) is 10.2 Å². The van der Waals surface area contributed by atoms with Crippen molar-refractivity contribution in [2.75, 3.05) is 18.0 Å². The van der Waals surface area contributed by atoms with Gasteiger partial charge in [0.15, 0.2) is 5.82 Å². The fourth-order valence-electron chi connectivity index (χ4n) is 3.58. The summed E-state index contributed by atoms with van der Waals surface area (Å²) in [5.41, 5.74) is 3.31. The van der Waals surface area contributed by atoms with Gasteiger partial charge in [0.05, 0.1) is 17.9 Å². The molecule has 1 aliphatic heterocycles. The lowest BCUT2D eigenvalue weighted by molar-refractivity contribution is 0.330. The number of aryl methyl sites for hydroxylation is 2. The first-order chi connectivity index (χ1) is 11.9. The van der Waals surface area contributed by atoms with Crippen LogP contribution in [-0.4, -0.2) is 33.1 Å². The molecule has 1 saturated heterocycles. The third kappa shape index (κ3) is 3.17. The molecule has 1 aliphatic carbocycles. The number of hydrogen-bond donors (Lipinski definition) is 0. The smallest absolute Gasteiger partial charge is 0.267 e. The van der Waals surface area contributed by atoms with Gasteiger partial charge in [-0.05, 0) is 37.0 Å². The van der Waals surface area contributed by atoms with E-state index in [2.05, 4.69) is 47.0 Å². The van der Waals surface area contributed by atoms with Crippen molar-refractivity contribution < 1.29 is 0 Å². The van der Waals surface area contributed by atoms with Gasteiger partial charge in [-0.1, -0.05) is 20.8 Å². The second-order valence-electron chi connectivity index (χ2n) is 8.29. The molecule has 0 bridgehead atoms. The number of hydrogen-bond acceptors (Lipinski definition) is 5. The average molecular weight is 339 g/mol. The van der Waals surface area contributed by atoms with Crippen molar-refractivity contribution in [1.82, 2.24) is 20.0 Å². The number of anilines is 1. The van der Waals surface area contributed by atoms with Crippen LogP contribution in [0.1, 0.15) is 44.1 Å². The molecule has 0 atom stereocenters. The highest BCUT2D eigenvalue weighted by Crippen LogP contribution is 2.26. The Hall–Kier alpha value is -2.24. The minimum atomic E-state index is 0.0173. The van der Waals surface area contributed by atoms with E-state index in [0.29, 0.717) is 12.5 Å². The van der Waals surface area contributed by atoms with E-state index in [9.17, 15) is 4.79 Å². The second kappa shape index (κ2) is 5.93. The zero-order chi connectivity index (χ0) is 17.6. The normalized spacial score (nSPS) is 17.5. The predicted octanol–water partition coefficient (Wildman–Crippen LogP) is 1.96. The molecule has 1 fully saturated rings. The van der Waals surface area contributed by atoms with Gasteiger partial charge in [0, 0.05) is 30.5 Å². The van der Waals surface area contributed by atoms with Gasteiger partial charge in [0.25, 0.3) is 5.56 Å². The Bertz CT molecular complexity index is 828. The molecule has 4 rings (SSSR count). The van der Waals surface area contributed by atoms with Crippen LogP contribution in [0.25, 0.3) is 0 Å². The van der Waals surface area contributed by atoms with E-state index >= 15 is 0 Å². The zero-order valence-corrected chi connectivity index (χ0v) is 15.2. The molecule has 2 aliphatic rings. The Labute approximate surface area is 147 Å². The van der Waals surface area contributed by atoms with Gasteiger partial charge in [-0.25, -0.2) is 4.68 Å². The molecule has 6 nitrogen and oxygen atoms in total. The van der Waals surface area contributed by atoms with Gasteiger partial charge >= 0.3 is 0 Å². The van der Waals surface area contributed by atoms with Crippen molar-refractivity contribution in [3.8, 4) is 0 Å². The third-order valence-electron chi connectivity index (χ3n) is 5.16. The molecule has 0 radical (unpaired) electrons. The summed E-state index contributed by atoms with van der Waals surface area (Å²) in [7, 11) is 0. The van der Waals surface area contributed by atoms with E-state index in [0.717, 1.165) is 55.1 Å². The average Bonchev–Trinajstić information content (AvgIpc) is 2.96. The summed E-state index contributed by atoms with van der Waals surface area (Å²) in [5.74, 6) is 1.35. The molecule has 0 amide bonds. The Balaban J connectivity index is 1.39. The summed E-state index contributed by atoms with van der Waals surface area (Å²) in [6, 6.07) is 5.88. The lowest BCUT2D eigenvalue weighted by Gasteiger charge is -2.40. The highest BCUT2D eigenvalue weighted by Gasteiger charge is 2.29. The third-order valence-corrected chi connectivity index (χ3v) is 5.16. The molecular weight excluding hydrogens is 314 g/mol. The van der Waals surface area contributed by atoms with Gasteiger partial charge in [0.2, 0.25) is 0 Å². The number of rotatable bonds is 3. The first-order valence-electron chi connectivity index (χ1n) is 9.09. The maximum absolute atomic E-state index is 12.2. The molecule has 0 N–H and O–H groups in total. The molecule has 25 heavy (non-hydrogen) atoms. The molecule has 0 spiro atoms. The van der Waals surface area contributed by atoms with Crippen molar-refractivity contribution in [1.29, 1.82) is 0 Å². The maximum Gasteiger partial charge on any atom is 0.267 e. The summed E-state index contributed by atoms with van der Waals surface area (Å²) >= 11 is 0. The first-order valence-corrected chi connectivity index (χ1v) is 9.09. The van der Waals surface area contributed by atoms with Crippen molar-refractivity contribution in [2.24, 2.45) is 5.92 Å². The summed E-state index contributed by atoms with van der Waals surface area (Å²) in [5, 5.41) is 13.3. The minimum absolute atomic E-state index is 0.0173. The fourth-order valence-corrected chi connectivity index (χ4v) is 3.58. The van der Waals surface area contributed by atoms with Gasteiger partial charge < -0.3 is 4.90 Å². The molecule has 132 valence electrons. The Morgan fingerprint density at radius 3 is 2.64 bits per heavy atom. The number of fused-ring (bicyclic) bond motifs is 1. The van der Waals surface area contributed by atoms with E-state index in [1.165, 1.54) is 0 Å². The van der Waals surface area contributed by atoms with E-state index < -0.39 is 0 Å². The summed E-state index contributed by atoms with van der Waals surface area (Å²) < 4.78 is 1.65. The van der Waals surface area contributed by atoms with Crippen LogP contribution in [0, 0.1) is 5.92 Å². The first kappa shape index (κ1) is 16.2. The van der Waals surface area contributed by atoms with Gasteiger partial charge in [-0.15, -0.1) is 5.10 Å². The Morgan fingerprint density at radius 1 is 1.16 bits per heavy atom. The van der Waals surface area contributed by atoms with Crippen molar-refractivity contribution in [3.05, 3.63) is 45.5 Å². The Morgan fingerprint density at radius 2 is 1.96 bits per heavy atom. The second-order valence-corrected chi connectivity index (χ2v) is 8.29. The van der Waals surface area contributed by atoms with E-state index in [1.807, 2.05) is 6.07 Å². The van der Waals surface area contributed by atoms with E-state index in [4.69, 9.17) is 0 Å². The highest BCUT2D eigenvalue weighted by atomic mass is 16.1. The SMILES string of the molecule is CC(C)(C)c1ccc(N2CC(Cn3nc4c(cc3=O)CCC4)C2)nn1. The quantitative estimate of drug-likeness (QED) is 0.855. The predicted molar refractivity (Wildman–Crippen MR) is 97.0 cm³/mol.